The van der Waals surface area contributed by atoms with E-state index in [-0.39, 0.29) is 5.82 Å². The van der Waals surface area contributed by atoms with Crippen molar-refractivity contribution in [3.05, 3.63) is 40.1 Å². The number of nitrogens with two attached hydrogens (primary N) is 1. The molecule has 12 heteroatoms. The Hall–Kier alpha value is -1.66. The summed E-state index contributed by atoms with van der Waals surface area (Å²) in [7, 11) is 0. The van der Waals surface area contributed by atoms with E-state index in [1.807, 2.05) is 6.07 Å². The van der Waals surface area contributed by atoms with Gasteiger partial charge in [-0.3, -0.25) is 4.57 Å². The summed E-state index contributed by atoms with van der Waals surface area (Å²) in [5, 5.41) is 31.1. The SMILES string of the molecule is Nc1nc(SCc2ccc(Cl)cc2Cl)nc2c1ncn2[C@@H]1O[C@H](CO)[C@@H](O)[C@H]1O. The van der Waals surface area contributed by atoms with Crippen molar-refractivity contribution < 1.29 is 20.1 Å². The molecule has 3 aromatic rings. The van der Waals surface area contributed by atoms with E-state index in [0.717, 1.165) is 5.56 Å². The smallest absolute Gasteiger partial charge is 0.191 e. The van der Waals surface area contributed by atoms with Crippen molar-refractivity contribution in [2.75, 3.05) is 12.3 Å². The second-order valence-corrected chi connectivity index (χ2v) is 8.25. The zero-order chi connectivity index (χ0) is 20.7. The maximum Gasteiger partial charge on any atom is 0.191 e. The van der Waals surface area contributed by atoms with Crippen molar-refractivity contribution in [3.63, 3.8) is 0 Å². The predicted molar refractivity (Wildman–Crippen MR) is 109 cm³/mol. The molecule has 0 radical (unpaired) electrons. The number of benzene rings is 1. The third kappa shape index (κ3) is 3.89. The number of aliphatic hydroxyl groups excluding tert-OH is 3. The molecule has 1 aliphatic heterocycles. The molecule has 1 aromatic carbocycles. The molecule has 4 rings (SSSR count). The zero-order valence-electron chi connectivity index (χ0n) is 14.8. The summed E-state index contributed by atoms with van der Waals surface area (Å²) in [4.78, 5) is 12.9. The van der Waals surface area contributed by atoms with Crippen molar-refractivity contribution in [2.24, 2.45) is 0 Å². The molecule has 0 unspecified atom stereocenters. The molecule has 9 nitrogen and oxygen atoms in total. The molecule has 0 aliphatic carbocycles. The van der Waals surface area contributed by atoms with E-state index in [0.29, 0.717) is 32.1 Å². The van der Waals surface area contributed by atoms with Gasteiger partial charge in [-0.15, -0.1) is 0 Å². The number of imidazole rings is 1. The Balaban J connectivity index is 1.63. The lowest BCUT2D eigenvalue weighted by Crippen LogP contribution is -2.33. The highest BCUT2D eigenvalue weighted by atomic mass is 35.5. The van der Waals surface area contributed by atoms with Crippen LogP contribution in [0.25, 0.3) is 11.2 Å². The van der Waals surface area contributed by atoms with Gasteiger partial charge in [0.05, 0.1) is 12.9 Å². The van der Waals surface area contributed by atoms with Gasteiger partial charge < -0.3 is 25.8 Å². The molecular weight excluding hydrogens is 441 g/mol. The minimum Gasteiger partial charge on any atom is -0.394 e. The van der Waals surface area contributed by atoms with Crippen LogP contribution in [0, 0.1) is 0 Å². The van der Waals surface area contributed by atoms with Crippen molar-refractivity contribution in [2.45, 2.75) is 35.4 Å². The number of aliphatic hydroxyl groups is 3. The number of halogens is 2. The van der Waals surface area contributed by atoms with Gasteiger partial charge in [-0.25, -0.2) is 15.0 Å². The molecule has 2 aromatic heterocycles. The maximum atomic E-state index is 10.3. The molecule has 1 saturated heterocycles. The molecule has 29 heavy (non-hydrogen) atoms. The van der Waals surface area contributed by atoms with E-state index in [1.54, 1.807) is 12.1 Å². The molecule has 1 fully saturated rings. The first-order valence-electron chi connectivity index (χ1n) is 8.58. The Labute approximate surface area is 179 Å². The van der Waals surface area contributed by atoms with Gasteiger partial charge in [-0.1, -0.05) is 41.0 Å². The number of aromatic nitrogens is 4. The second kappa shape index (κ2) is 8.23. The lowest BCUT2D eigenvalue weighted by molar-refractivity contribution is -0.0511. The number of nitrogens with zero attached hydrogens (tertiary/aromatic N) is 4. The highest BCUT2D eigenvalue weighted by Crippen LogP contribution is 2.33. The maximum absolute atomic E-state index is 10.3. The van der Waals surface area contributed by atoms with E-state index in [2.05, 4.69) is 15.0 Å². The first kappa shape index (κ1) is 20.6. The van der Waals surface area contributed by atoms with Crippen molar-refractivity contribution in [3.8, 4) is 0 Å². The fraction of sp³-hybridized carbons (Fsp3) is 0.353. The van der Waals surface area contributed by atoms with E-state index in [4.69, 9.17) is 33.7 Å². The summed E-state index contributed by atoms with van der Waals surface area (Å²) >= 11 is 13.4. The van der Waals surface area contributed by atoms with Gasteiger partial charge in [0.1, 0.15) is 23.8 Å². The largest absolute Gasteiger partial charge is 0.394 e. The molecule has 0 saturated carbocycles. The predicted octanol–water partition coefficient (Wildman–Crippen LogP) is 1.62. The Morgan fingerprint density at radius 1 is 1.21 bits per heavy atom. The lowest BCUT2D eigenvalue weighted by Gasteiger charge is -2.16. The van der Waals surface area contributed by atoms with Gasteiger partial charge in [0.2, 0.25) is 0 Å². The van der Waals surface area contributed by atoms with Crippen molar-refractivity contribution in [1.29, 1.82) is 0 Å². The van der Waals surface area contributed by atoms with Gasteiger partial charge in [0.25, 0.3) is 0 Å². The van der Waals surface area contributed by atoms with Gasteiger partial charge in [0.15, 0.2) is 22.8 Å². The Bertz CT molecular complexity index is 1050. The van der Waals surface area contributed by atoms with Crippen molar-refractivity contribution in [1.82, 2.24) is 19.5 Å². The van der Waals surface area contributed by atoms with E-state index in [9.17, 15) is 15.3 Å². The van der Waals surface area contributed by atoms with Crippen LogP contribution >= 0.6 is 35.0 Å². The van der Waals surface area contributed by atoms with Crippen LogP contribution in [0.15, 0.2) is 29.7 Å². The van der Waals surface area contributed by atoms with E-state index in [1.165, 1.54) is 22.7 Å². The molecule has 4 atom stereocenters. The molecule has 1 aliphatic rings. The quantitative estimate of drug-likeness (QED) is 0.332. The minimum atomic E-state index is -1.26. The summed E-state index contributed by atoms with van der Waals surface area (Å²) < 4.78 is 7.03. The molecular formula is C17H17Cl2N5O4S. The van der Waals surface area contributed by atoms with Crippen LogP contribution in [-0.2, 0) is 10.5 Å². The molecule has 154 valence electrons. The van der Waals surface area contributed by atoms with Crippen LogP contribution < -0.4 is 5.73 Å². The normalized spacial score (nSPS) is 24.4. The first-order chi connectivity index (χ1) is 13.9. The van der Waals surface area contributed by atoms with Crippen molar-refractivity contribution >= 4 is 51.9 Å². The molecule has 3 heterocycles. The molecule has 0 amide bonds. The summed E-state index contributed by atoms with van der Waals surface area (Å²) in [6, 6.07) is 5.23. The van der Waals surface area contributed by atoms with E-state index >= 15 is 0 Å². The van der Waals surface area contributed by atoms with Crippen LogP contribution in [0.2, 0.25) is 10.0 Å². The van der Waals surface area contributed by atoms with Crippen LogP contribution in [0.5, 0.6) is 0 Å². The third-order valence-electron chi connectivity index (χ3n) is 4.59. The number of thioether (sulfide) groups is 1. The number of ether oxygens (including phenoxy) is 1. The van der Waals surface area contributed by atoms with Crippen LogP contribution in [0.3, 0.4) is 0 Å². The highest BCUT2D eigenvalue weighted by molar-refractivity contribution is 7.98. The van der Waals surface area contributed by atoms with Gasteiger partial charge >= 0.3 is 0 Å². The summed E-state index contributed by atoms with van der Waals surface area (Å²) in [6.07, 6.45) is -2.97. The number of rotatable bonds is 5. The van der Waals surface area contributed by atoms with Crippen LogP contribution in [0.1, 0.15) is 11.8 Å². The molecule has 0 bridgehead atoms. The van der Waals surface area contributed by atoms with Crippen LogP contribution in [0.4, 0.5) is 5.82 Å². The number of hydrogen-bond acceptors (Lipinski definition) is 9. The summed E-state index contributed by atoms with van der Waals surface area (Å²) in [6.45, 7) is -0.429. The third-order valence-corrected chi connectivity index (χ3v) is 6.07. The fourth-order valence-corrected chi connectivity index (χ4v) is 4.46. The van der Waals surface area contributed by atoms with Gasteiger partial charge in [0, 0.05) is 15.8 Å². The number of fused-ring (bicyclic) bond motifs is 1. The Morgan fingerprint density at radius 2 is 2.00 bits per heavy atom. The molecule has 0 spiro atoms. The molecule has 5 N–H and O–H groups in total. The monoisotopic (exact) mass is 457 g/mol. The fourth-order valence-electron chi connectivity index (χ4n) is 3.06. The summed E-state index contributed by atoms with van der Waals surface area (Å²) in [5.41, 5.74) is 7.58. The number of nitrogen functional groups attached to an aromatic ring is 1. The van der Waals surface area contributed by atoms with Crippen LogP contribution in [-0.4, -0.2) is 59.8 Å². The van der Waals surface area contributed by atoms with Gasteiger partial charge in [-0.2, -0.15) is 0 Å². The second-order valence-electron chi connectivity index (χ2n) is 6.47. The average Bonchev–Trinajstić information content (AvgIpc) is 3.23. The lowest BCUT2D eigenvalue weighted by atomic mass is 10.1. The topological polar surface area (TPSA) is 140 Å². The number of hydrogen-bond donors (Lipinski definition) is 4. The minimum absolute atomic E-state index is 0.171. The first-order valence-corrected chi connectivity index (χ1v) is 10.3. The zero-order valence-corrected chi connectivity index (χ0v) is 17.1. The Morgan fingerprint density at radius 3 is 2.69 bits per heavy atom. The Kier molecular flexibility index (Phi) is 5.85. The average molecular weight is 458 g/mol. The van der Waals surface area contributed by atoms with E-state index < -0.39 is 31.1 Å². The number of anilines is 1. The standard InChI is InChI=1S/C17H17Cl2N5O4S/c18-8-2-1-7(9(19)3-8)5-29-17-22-14(20)11-15(23-17)24(6-21-11)16-13(27)12(26)10(4-25)28-16/h1-3,6,10,12-13,16,25-27H,4-5H2,(H2,20,22,23)/t10-,12-,13-,16-/m1/s1. The van der Waals surface area contributed by atoms with Gasteiger partial charge in [-0.05, 0) is 17.7 Å². The summed E-state index contributed by atoms with van der Waals surface area (Å²) in [5.74, 6) is 0.661. The highest BCUT2D eigenvalue weighted by Gasteiger charge is 2.44.